The van der Waals surface area contributed by atoms with E-state index in [1.807, 2.05) is 27.7 Å². The van der Waals surface area contributed by atoms with Gasteiger partial charge in [0.2, 0.25) is 23.6 Å². The maximum atomic E-state index is 13.1. The van der Waals surface area contributed by atoms with E-state index in [-0.39, 0.29) is 37.1 Å². The van der Waals surface area contributed by atoms with Crippen molar-refractivity contribution in [2.75, 3.05) is 13.2 Å². The van der Waals surface area contributed by atoms with E-state index in [0.29, 0.717) is 12.8 Å². The molecular weight excluding hydrogens is 464 g/mol. The second-order valence-corrected chi connectivity index (χ2v) is 11.7. The van der Waals surface area contributed by atoms with Crippen LogP contribution in [0.2, 0.25) is 0 Å². The van der Waals surface area contributed by atoms with Crippen LogP contribution in [0.5, 0.6) is 0 Å². The normalized spacial score (nSPS) is 20.4. The average Bonchev–Trinajstić information content (AvgIpc) is 2.80. The van der Waals surface area contributed by atoms with Gasteiger partial charge in [0, 0.05) is 12.1 Å². The second kappa shape index (κ2) is 13.4. The summed E-state index contributed by atoms with van der Waals surface area (Å²) in [5, 5.41) is 30.4. The van der Waals surface area contributed by atoms with Crippen LogP contribution in [-0.4, -0.2) is 71.2 Å². The Hall–Kier alpha value is -2.20. The van der Waals surface area contributed by atoms with Crippen LogP contribution in [0.4, 0.5) is 0 Å². The van der Waals surface area contributed by atoms with Gasteiger partial charge in [0.05, 0.1) is 25.3 Å². The lowest BCUT2D eigenvalue weighted by atomic mass is 9.85. The lowest BCUT2D eigenvalue weighted by molar-refractivity contribution is -0.145. The third-order valence-corrected chi connectivity index (χ3v) is 7.31. The van der Waals surface area contributed by atoms with Gasteiger partial charge in [0.25, 0.3) is 0 Å². The Morgan fingerprint density at radius 2 is 0.972 bits per heavy atom. The first-order chi connectivity index (χ1) is 16.6. The molecular formula is C26H48N4O6. The maximum Gasteiger partial charge on any atom is 0.235 e. The van der Waals surface area contributed by atoms with Crippen LogP contribution in [0.3, 0.4) is 0 Å². The third-order valence-electron chi connectivity index (χ3n) is 7.31. The summed E-state index contributed by atoms with van der Waals surface area (Å²) < 4.78 is 0. The van der Waals surface area contributed by atoms with Gasteiger partial charge in [0.15, 0.2) is 0 Å². The number of rotatable bonds is 12. The van der Waals surface area contributed by atoms with Crippen LogP contribution in [-0.2, 0) is 19.2 Å². The van der Waals surface area contributed by atoms with Crippen LogP contribution < -0.4 is 21.3 Å². The Morgan fingerprint density at radius 1 is 0.667 bits per heavy atom. The summed E-state index contributed by atoms with van der Waals surface area (Å²) in [6.07, 6.45) is 2.99. The van der Waals surface area contributed by atoms with E-state index < -0.39 is 46.5 Å². The first-order valence-electron chi connectivity index (χ1n) is 13.0. The molecule has 208 valence electrons. The monoisotopic (exact) mass is 512 g/mol. The van der Waals surface area contributed by atoms with Crippen molar-refractivity contribution >= 4 is 23.6 Å². The zero-order valence-corrected chi connectivity index (χ0v) is 23.2. The van der Waals surface area contributed by atoms with Crippen molar-refractivity contribution in [2.24, 2.45) is 22.7 Å². The molecule has 0 aliphatic heterocycles. The SMILES string of the molecule is CC(C)[C@@H](CO)NC(=O)C(C)(C)C(=O)N[C@H]1CCCC[C@@H]1NC(=O)C(C)(C)C(=O)N[C@H](CO)C(C)C. The van der Waals surface area contributed by atoms with E-state index in [4.69, 9.17) is 0 Å². The lowest BCUT2D eigenvalue weighted by Gasteiger charge is -2.37. The molecule has 10 heteroatoms. The van der Waals surface area contributed by atoms with E-state index >= 15 is 0 Å². The second-order valence-electron chi connectivity index (χ2n) is 11.7. The van der Waals surface area contributed by atoms with E-state index in [1.165, 1.54) is 27.7 Å². The van der Waals surface area contributed by atoms with Gasteiger partial charge >= 0.3 is 0 Å². The molecule has 10 nitrogen and oxygen atoms in total. The fraction of sp³-hybridized carbons (Fsp3) is 0.846. The molecule has 4 atom stereocenters. The molecule has 0 bridgehead atoms. The molecule has 6 N–H and O–H groups in total. The summed E-state index contributed by atoms with van der Waals surface area (Å²) in [4.78, 5) is 51.9. The predicted molar refractivity (Wildman–Crippen MR) is 138 cm³/mol. The van der Waals surface area contributed by atoms with Crippen LogP contribution in [0, 0.1) is 22.7 Å². The average molecular weight is 513 g/mol. The van der Waals surface area contributed by atoms with E-state index in [9.17, 15) is 29.4 Å². The van der Waals surface area contributed by atoms with Gasteiger partial charge in [-0.1, -0.05) is 40.5 Å². The Balaban J connectivity index is 2.90. The highest BCUT2D eigenvalue weighted by molar-refractivity contribution is 6.05. The van der Waals surface area contributed by atoms with Crippen molar-refractivity contribution in [3.63, 3.8) is 0 Å². The van der Waals surface area contributed by atoms with Crippen molar-refractivity contribution in [1.82, 2.24) is 21.3 Å². The van der Waals surface area contributed by atoms with Crippen LogP contribution in [0.1, 0.15) is 81.1 Å². The fourth-order valence-corrected chi connectivity index (χ4v) is 3.92. The van der Waals surface area contributed by atoms with Crippen LogP contribution >= 0.6 is 0 Å². The zero-order chi connectivity index (χ0) is 27.8. The Kier molecular flexibility index (Phi) is 11.8. The molecule has 0 saturated heterocycles. The molecule has 4 amide bonds. The summed E-state index contributed by atoms with van der Waals surface area (Å²) in [5.41, 5.74) is -2.77. The van der Waals surface area contributed by atoms with Gasteiger partial charge in [-0.05, 0) is 52.4 Å². The van der Waals surface area contributed by atoms with Gasteiger partial charge in [-0.3, -0.25) is 19.2 Å². The number of amides is 4. The number of nitrogens with one attached hydrogen (secondary N) is 4. The highest BCUT2D eigenvalue weighted by Gasteiger charge is 2.42. The lowest BCUT2D eigenvalue weighted by Crippen LogP contribution is -2.60. The number of hydrogen-bond donors (Lipinski definition) is 6. The molecule has 1 rings (SSSR count). The van der Waals surface area contributed by atoms with E-state index in [0.717, 1.165) is 12.8 Å². The number of aliphatic hydroxyl groups is 2. The molecule has 0 radical (unpaired) electrons. The number of hydrogen-bond acceptors (Lipinski definition) is 6. The Bertz CT molecular complexity index is 716. The van der Waals surface area contributed by atoms with Crippen molar-refractivity contribution in [3.8, 4) is 0 Å². The van der Waals surface area contributed by atoms with Gasteiger partial charge in [-0.2, -0.15) is 0 Å². The summed E-state index contributed by atoms with van der Waals surface area (Å²) in [6, 6.07) is -1.69. The summed E-state index contributed by atoms with van der Waals surface area (Å²) in [5.74, 6) is -1.89. The topological polar surface area (TPSA) is 157 Å². The largest absolute Gasteiger partial charge is 0.394 e. The molecule has 1 aliphatic carbocycles. The van der Waals surface area contributed by atoms with Gasteiger partial charge in [0.1, 0.15) is 10.8 Å². The fourth-order valence-electron chi connectivity index (χ4n) is 3.92. The van der Waals surface area contributed by atoms with Crippen molar-refractivity contribution in [1.29, 1.82) is 0 Å². The van der Waals surface area contributed by atoms with Gasteiger partial charge < -0.3 is 31.5 Å². The van der Waals surface area contributed by atoms with E-state index in [1.54, 1.807) is 0 Å². The molecule has 0 spiro atoms. The maximum absolute atomic E-state index is 13.1. The molecule has 1 saturated carbocycles. The quantitative estimate of drug-likeness (QED) is 0.213. The van der Waals surface area contributed by atoms with Crippen molar-refractivity contribution in [2.45, 2.75) is 105 Å². The van der Waals surface area contributed by atoms with Gasteiger partial charge in [-0.15, -0.1) is 0 Å². The van der Waals surface area contributed by atoms with Gasteiger partial charge in [-0.25, -0.2) is 0 Å². The third kappa shape index (κ3) is 8.16. The molecule has 36 heavy (non-hydrogen) atoms. The Labute approximate surface area is 215 Å². The van der Waals surface area contributed by atoms with E-state index in [2.05, 4.69) is 21.3 Å². The molecule has 0 aromatic carbocycles. The van der Waals surface area contributed by atoms with Crippen LogP contribution in [0.25, 0.3) is 0 Å². The summed E-state index contributed by atoms with van der Waals surface area (Å²) in [6.45, 7) is 13.2. The molecule has 0 heterocycles. The van der Waals surface area contributed by atoms with Crippen LogP contribution in [0.15, 0.2) is 0 Å². The molecule has 0 aromatic rings. The predicted octanol–water partition coefficient (Wildman–Crippen LogP) is 0.849. The number of carbonyl (C=O) groups is 4. The minimum Gasteiger partial charge on any atom is -0.394 e. The minimum atomic E-state index is -1.39. The number of aliphatic hydroxyl groups excluding tert-OH is 2. The highest BCUT2D eigenvalue weighted by Crippen LogP contribution is 2.24. The minimum absolute atomic E-state index is 0.00417. The molecule has 0 aromatic heterocycles. The first kappa shape index (κ1) is 31.8. The van der Waals surface area contributed by atoms with Crippen molar-refractivity contribution in [3.05, 3.63) is 0 Å². The standard InChI is InChI=1S/C26H48N4O6/c1-15(2)19(13-31)29-23(35)25(5,6)21(33)27-17-11-9-10-12-18(17)28-22(34)26(7,8)24(36)30-20(14-32)16(3)4/h15-20,31-32H,9-14H2,1-8H3,(H,27,33)(H,28,34)(H,29,35)(H,30,36)/t17-,18-,19+,20+/m0/s1. The first-order valence-corrected chi connectivity index (χ1v) is 13.0. The smallest absolute Gasteiger partial charge is 0.235 e. The summed E-state index contributed by atoms with van der Waals surface area (Å²) in [7, 11) is 0. The van der Waals surface area contributed by atoms with Crippen molar-refractivity contribution < 1.29 is 29.4 Å². The Morgan fingerprint density at radius 3 is 1.22 bits per heavy atom. The zero-order valence-electron chi connectivity index (χ0n) is 23.2. The molecule has 1 aliphatic rings. The summed E-state index contributed by atoms with van der Waals surface area (Å²) >= 11 is 0. The molecule has 1 fully saturated rings. The molecule has 0 unspecified atom stereocenters. The number of carbonyl (C=O) groups excluding carboxylic acids is 4. The highest BCUT2D eigenvalue weighted by atomic mass is 16.3.